The maximum Gasteiger partial charge on any atom is 0.324 e. The molecule has 0 saturated heterocycles. The normalized spacial score (nSPS) is 16.9. The monoisotopic (exact) mass is 228 g/mol. The van der Waals surface area contributed by atoms with Crippen molar-refractivity contribution >= 4 is 30.1 Å². The van der Waals surface area contributed by atoms with E-state index in [4.69, 9.17) is 16.6 Å². The number of carboxylic acid groups (broad SMARTS) is 1. The summed E-state index contributed by atoms with van der Waals surface area (Å²) < 4.78 is 0. The van der Waals surface area contributed by atoms with E-state index in [-0.39, 0.29) is 17.7 Å². The highest BCUT2D eigenvalue weighted by Crippen LogP contribution is 2.15. The first-order valence-corrected chi connectivity index (χ1v) is 4.79. The van der Waals surface area contributed by atoms with Gasteiger partial charge in [-0.1, -0.05) is 6.92 Å². The largest absolute Gasteiger partial charge is 0.480 e. The first kappa shape index (κ1) is 15.5. The van der Waals surface area contributed by atoms with Gasteiger partial charge in [-0.2, -0.15) is 11.8 Å². The van der Waals surface area contributed by atoms with Crippen molar-refractivity contribution in [3.8, 4) is 0 Å². The second-order valence-electron chi connectivity index (χ2n) is 3.08. The van der Waals surface area contributed by atoms with Crippen LogP contribution in [0.25, 0.3) is 0 Å². The fraction of sp³-hybridized carbons (Fsp3) is 0.857. The van der Waals surface area contributed by atoms with E-state index in [2.05, 4.69) is 0 Å². The van der Waals surface area contributed by atoms with E-state index in [1.807, 2.05) is 6.92 Å². The lowest BCUT2D eigenvalue weighted by molar-refractivity contribution is -0.141. The smallest absolute Gasteiger partial charge is 0.324 e. The van der Waals surface area contributed by atoms with E-state index in [0.717, 1.165) is 0 Å². The minimum atomic E-state index is -1.14. The number of halogens is 1. The Hall–Kier alpha value is 0.0300. The molecule has 0 aliphatic heterocycles. The number of rotatable bonds is 5. The van der Waals surface area contributed by atoms with E-state index < -0.39 is 11.5 Å². The number of thioether (sulfide) groups is 1. The van der Waals surface area contributed by atoms with Gasteiger partial charge in [0, 0.05) is 17.5 Å². The van der Waals surface area contributed by atoms with Crippen LogP contribution in [0.3, 0.4) is 0 Å². The summed E-state index contributed by atoms with van der Waals surface area (Å²) in [4.78, 5) is 10.6. The first-order valence-electron chi connectivity index (χ1n) is 3.74. The topological polar surface area (TPSA) is 89.3 Å². The summed E-state index contributed by atoms with van der Waals surface area (Å²) in [6.45, 7) is 3.99. The minimum Gasteiger partial charge on any atom is -0.480 e. The molecule has 0 aliphatic rings. The molecule has 80 valence electrons. The van der Waals surface area contributed by atoms with Crippen molar-refractivity contribution in [3.63, 3.8) is 0 Å². The molecule has 0 bridgehead atoms. The van der Waals surface area contributed by atoms with E-state index in [1.165, 1.54) is 18.7 Å². The Bertz CT molecular complexity index is 167. The summed E-state index contributed by atoms with van der Waals surface area (Å²) in [5.41, 5.74) is 9.73. The Balaban J connectivity index is 0. The molecule has 0 spiro atoms. The lowest BCUT2D eigenvalue weighted by atomic mass is 10.1. The Morgan fingerprint density at radius 2 is 2.15 bits per heavy atom. The SMILES string of the molecule is C[C@H](CN)SC[C@](C)(N)C(=O)O.Cl. The highest BCUT2D eigenvalue weighted by molar-refractivity contribution is 8.00. The third-order valence-electron chi connectivity index (χ3n) is 1.49. The van der Waals surface area contributed by atoms with Crippen molar-refractivity contribution in [2.75, 3.05) is 12.3 Å². The van der Waals surface area contributed by atoms with E-state index in [0.29, 0.717) is 12.3 Å². The molecule has 6 heteroatoms. The molecule has 5 N–H and O–H groups in total. The fourth-order valence-electron chi connectivity index (χ4n) is 0.445. The minimum absolute atomic E-state index is 0. The molecule has 0 unspecified atom stereocenters. The van der Waals surface area contributed by atoms with Gasteiger partial charge in [-0.05, 0) is 6.92 Å². The molecule has 2 atom stereocenters. The highest BCUT2D eigenvalue weighted by atomic mass is 35.5. The number of aliphatic carboxylic acids is 1. The number of hydrogen-bond donors (Lipinski definition) is 3. The Morgan fingerprint density at radius 3 is 2.46 bits per heavy atom. The molecule has 0 aromatic heterocycles. The molecule has 4 nitrogen and oxygen atoms in total. The van der Waals surface area contributed by atoms with Crippen molar-refractivity contribution < 1.29 is 9.90 Å². The van der Waals surface area contributed by atoms with Gasteiger partial charge in [0.05, 0.1) is 0 Å². The van der Waals surface area contributed by atoms with Crippen molar-refractivity contribution in [2.45, 2.75) is 24.6 Å². The number of carboxylic acids is 1. The zero-order valence-electron chi connectivity index (χ0n) is 7.82. The van der Waals surface area contributed by atoms with E-state index in [1.54, 1.807) is 0 Å². The molecule has 0 saturated carbocycles. The fourth-order valence-corrected chi connectivity index (χ4v) is 1.34. The standard InChI is InChI=1S/C7H16N2O2S.ClH/c1-5(3-8)12-4-7(2,9)6(10)11;/h5H,3-4,8-9H2,1-2H3,(H,10,11);1H/t5-,7+;/m1./s1. The third kappa shape index (κ3) is 6.15. The van der Waals surface area contributed by atoms with Crippen LogP contribution >= 0.6 is 24.2 Å². The van der Waals surface area contributed by atoms with Crippen LogP contribution in [0.15, 0.2) is 0 Å². The molecule has 0 aliphatic carbocycles. The summed E-state index contributed by atoms with van der Waals surface area (Å²) in [6, 6.07) is 0. The molecular weight excluding hydrogens is 212 g/mol. The van der Waals surface area contributed by atoms with Gasteiger partial charge >= 0.3 is 5.97 Å². The molecular formula is C7H17ClN2O2S. The Labute approximate surface area is 88.8 Å². The molecule has 0 radical (unpaired) electrons. The Morgan fingerprint density at radius 1 is 1.69 bits per heavy atom. The number of carbonyl (C=O) groups is 1. The van der Waals surface area contributed by atoms with Crippen molar-refractivity contribution in [3.05, 3.63) is 0 Å². The zero-order valence-corrected chi connectivity index (χ0v) is 9.45. The average Bonchev–Trinajstić information content (AvgIpc) is 2.00. The molecule has 0 aromatic carbocycles. The van der Waals surface area contributed by atoms with Crippen LogP contribution < -0.4 is 11.5 Å². The molecule has 0 aromatic rings. The summed E-state index contributed by atoms with van der Waals surface area (Å²) in [5, 5.41) is 8.91. The Kier molecular flexibility index (Phi) is 7.72. The van der Waals surface area contributed by atoms with Gasteiger partial charge in [-0.25, -0.2) is 0 Å². The highest BCUT2D eigenvalue weighted by Gasteiger charge is 2.28. The second kappa shape index (κ2) is 6.48. The van der Waals surface area contributed by atoms with Crippen LogP contribution in [0.5, 0.6) is 0 Å². The van der Waals surface area contributed by atoms with Gasteiger partial charge in [0.15, 0.2) is 0 Å². The lowest BCUT2D eigenvalue weighted by Crippen LogP contribution is -2.47. The van der Waals surface area contributed by atoms with Gasteiger partial charge in [0.25, 0.3) is 0 Å². The third-order valence-corrected chi connectivity index (χ3v) is 3.02. The summed E-state index contributed by atoms with van der Waals surface area (Å²) in [7, 11) is 0. The lowest BCUT2D eigenvalue weighted by Gasteiger charge is -2.20. The van der Waals surface area contributed by atoms with Crippen LogP contribution in [0.2, 0.25) is 0 Å². The van der Waals surface area contributed by atoms with Gasteiger partial charge in [0.2, 0.25) is 0 Å². The molecule has 0 heterocycles. The maximum absolute atomic E-state index is 10.6. The number of hydrogen-bond acceptors (Lipinski definition) is 4. The van der Waals surface area contributed by atoms with Crippen LogP contribution in [0.4, 0.5) is 0 Å². The molecule has 0 amide bonds. The second-order valence-corrected chi connectivity index (χ2v) is 4.51. The van der Waals surface area contributed by atoms with Crippen LogP contribution in [-0.2, 0) is 4.79 Å². The predicted molar refractivity (Wildman–Crippen MR) is 58.5 cm³/mol. The first-order chi connectivity index (χ1) is 5.40. The predicted octanol–water partition coefficient (Wildman–Crippen LogP) is 0.291. The zero-order chi connectivity index (χ0) is 9.78. The van der Waals surface area contributed by atoms with E-state index >= 15 is 0 Å². The quantitative estimate of drug-likeness (QED) is 0.630. The molecule has 13 heavy (non-hydrogen) atoms. The van der Waals surface area contributed by atoms with Gasteiger partial charge in [0.1, 0.15) is 5.54 Å². The van der Waals surface area contributed by atoms with Gasteiger partial charge < -0.3 is 16.6 Å². The van der Waals surface area contributed by atoms with E-state index in [9.17, 15) is 4.79 Å². The van der Waals surface area contributed by atoms with Crippen LogP contribution in [0, 0.1) is 0 Å². The van der Waals surface area contributed by atoms with Crippen LogP contribution in [0.1, 0.15) is 13.8 Å². The van der Waals surface area contributed by atoms with Crippen LogP contribution in [-0.4, -0.2) is 34.2 Å². The molecule has 0 rings (SSSR count). The number of nitrogens with two attached hydrogens (primary N) is 2. The van der Waals surface area contributed by atoms with Gasteiger partial charge in [-0.3, -0.25) is 4.79 Å². The maximum atomic E-state index is 10.6. The average molecular weight is 229 g/mol. The van der Waals surface area contributed by atoms with Crippen molar-refractivity contribution in [1.29, 1.82) is 0 Å². The molecule has 0 fully saturated rings. The summed E-state index contributed by atoms with van der Waals surface area (Å²) >= 11 is 1.48. The van der Waals surface area contributed by atoms with Crippen molar-refractivity contribution in [2.24, 2.45) is 11.5 Å². The summed E-state index contributed by atoms with van der Waals surface area (Å²) in [6.07, 6.45) is 0. The van der Waals surface area contributed by atoms with Crippen molar-refractivity contribution in [1.82, 2.24) is 0 Å². The summed E-state index contributed by atoms with van der Waals surface area (Å²) in [5.74, 6) is -0.583. The van der Waals surface area contributed by atoms with Gasteiger partial charge in [-0.15, -0.1) is 12.4 Å².